The summed E-state index contributed by atoms with van der Waals surface area (Å²) in [5.41, 5.74) is 1.74. The zero-order chi connectivity index (χ0) is 22.2. The molecule has 8 heteroatoms. The van der Waals surface area contributed by atoms with Crippen molar-refractivity contribution in [2.45, 2.75) is 45.8 Å². The second-order valence-corrected chi connectivity index (χ2v) is 9.37. The van der Waals surface area contributed by atoms with E-state index < -0.39 is 0 Å². The predicted octanol–water partition coefficient (Wildman–Crippen LogP) is 2.04. The molecule has 0 amide bonds. The molecule has 3 aromatic rings. The van der Waals surface area contributed by atoms with Crippen LogP contribution in [0.25, 0.3) is 11.2 Å². The van der Waals surface area contributed by atoms with Crippen molar-refractivity contribution in [3.05, 3.63) is 56.7 Å². The molecule has 170 valence electrons. The molecule has 5 rings (SSSR count). The molecule has 0 spiro atoms. The number of rotatable bonds is 5. The summed E-state index contributed by atoms with van der Waals surface area (Å²) in [6.45, 7) is 7.78. The van der Waals surface area contributed by atoms with Crippen molar-refractivity contribution in [3.8, 4) is 0 Å². The van der Waals surface area contributed by atoms with Gasteiger partial charge < -0.3 is 14.4 Å². The fraction of sp³-hybridized carbons (Fsp3) is 0.542. The first-order chi connectivity index (χ1) is 15.5. The molecule has 0 N–H and O–H groups in total. The van der Waals surface area contributed by atoms with Crippen molar-refractivity contribution in [2.24, 2.45) is 13.0 Å². The molecule has 0 unspecified atom stereocenters. The third-order valence-electron chi connectivity index (χ3n) is 6.83. The molecule has 8 nitrogen and oxygen atoms in total. The van der Waals surface area contributed by atoms with E-state index in [-0.39, 0.29) is 11.2 Å². The van der Waals surface area contributed by atoms with Crippen molar-refractivity contribution < 1.29 is 0 Å². The molecule has 32 heavy (non-hydrogen) atoms. The first kappa shape index (κ1) is 21.0. The standard InChI is InChI=1S/C24H32N6O2/c1-18-15-28(17-19-9-5-3-6-10-19)23-25-21-20(30(23)16-18)22(31)29(24(32)26(21)2)14-13-27-11-7-4-8-12-27/h3,5-6,9-10,18H,4,7-8,11-17H2,1-2H3/t18-/m1/s1. The van der Waals surface area contributed by atoms with Crippen LogP contribution in [0.5, 0.6) is 0 Å². The van der Waals surface area contributed by atoms with E-state index in [0.29, 0.717) is 23.6 Å². The Kier molecular flexibility index (Phi) is 5.63. The Bertz CT molecular complexity index is 1220. The lowest BCUT2D eigenvalue weighted by molar-refractivity contribution is 0.218. The summed E-state index contributed by atoms with van der Waals surface area (Å²) in [7, 11) is 1.73. The van der Waals surface area contributed by atoms with Crippen LogP contribution in [0.2, 0.25) is 0 Å². The van der Waals surface area contributed by atoms with Crippen molar-refractivity contribution in [1.82, 2.24) is 23.6 Å². The summed E-state index contributed by atoms with van der Waals surface area (Å²) in [4.78, 5) is 36.0. The summed E-state index contributed by atoms with van der Waals surface area (Å²) in [6.07, 6.45) is 3.65. The first-order valence-corrected chi connectivity index (χ1v) is 11.7. The van der Waals surface area contributed by atoms with Crippen LogP contribution in [-0.4, -0.2) is 49.8 Å². The van der Waals surface area contributed by atoms with Crippen molar-refractivity contribution in [1.29, 1.82) is 0 Å². The first-order valence-electron chi connectivity index (χ1n) is 11.7. The Balaban J connectivity index is 1.55. The van der Waals surface area contributed by atoms with E-state index in [1.165, 1.54) is 29.4 Å². The number of likely N-dealkylation sites (tertiary alicyclic amines) is 1. The van der Waals surface area contributed by atoms with Crippen LogP contribution in [0.1, 0.15) is 31.7 Å². The van der Waals surface area contributed by atoms with Gasteiger partial charge in [-0.15, -0.1) is 0 Å². The largest absolute Gasteiger partial charge is 0.338 e. The highest BCUT2D eigenvalue weighted by molar-refractivity contribution is 5.75. The molecule has 0 radical (unpaired) electrons. The summed E-state index contributed by atoms with van der Waals surface area (Å²) < 4.78 is 4.99. The lowest BCUT2D eigenvalue weighted by Crippen LogP contribution is -2.43. The molecule has 1 aromatic carbocycles. The van der Waals surface area contributed by atoms with Gasteiger partial charge in [-0.25, -0.2) is 4.79 Å². The quantitative estimate of drug-likeness (QED) is 0.612. The molecule has 2 aromatic heterocycles. The maximum Gasteiger partial charge on any atom is 0.332 e. The molecule has 1 saturated heterocycles. The Labute approximate surface area is 187 Å². The zero-order valence-electron chi connectivity index (χ0n) is 19.0. The van der Waals surface area contributed by atoms with Gasteiger partial charge in [-0.1, -0.05) is 43.7 Å². The van der Waals surface area contributed by atoms with Gasteiger partial charge in [0, 0.05) is 39.8 Å². The predicted molar refractivity (Wildman–Crippen MR) is 126 cm³/mol. The number of hydrogen-bond donors (Lipinski definition) is 0. The van der Waals surface area contributed by atoms with E-state index >= 15 is 0 Å². The van der Waals surface area contributed by atoms with Gasteiger partial charge in [-0.2, -0.15) is 4.98 Å². The molecular formula is C24H32N6O2. The maximum atomic E-state index is 13.5. The van der Waals surface area contributed by atoms with Gasteiger partial charge in [0.15, 0.2) is 11.2 Å². The second-order valence-electron chi connectivity index (χ2n) is 9.37. The lowest BCUT2D eigenvalue weighted by atomic mass is 10.1. The molecule has 0 aliphatic carbocycles. The van der Waals surface area contributed by atoms with E-state index in [9.17, 15) is 9.59 Å². The van der Waals surface area contributed by atoms with Crippen LogP contribution >= 0.6 is 0 Å². The van der Waals surface area contributed by atoms with Crippen LogP contribution in [-0.2, 0) is 26.7 Å². The van der Waals surface area contributed by atoms with E-state index in [0.717, 1.165) is 45.2 Å². The maximum absolute atomic E-state index is 13.5. The van der Waals surface area contributed by atoms with Crippen LogP contribution < -0.4 is 16.1 Å². The summed E-state index contributed by atoms with van der Waals surface area (Å²) in [6, 6.07) is 10.3. The Morgan fingerprint density at radius 3 is 2.50 bits per heavy atom. The Hall–Kier alpha value is -2.87. The summed E-state index contributed by atoms with van der Waals surface area (Å²) in [5, 5.41) is 0. The molecule has 0 bridgehead atoms. The van der Waals surface area contributed by atoms with Gasteiger partial charge >= 0.3 is 5.69 Å². The van der Waals surface area contributed by atoms with E-state index in [1.807, 2.05) is 22.8 Å². The van der Waals surface area contributed by atoms with E-state index in [2.05, 4.69) is 28.9 Å². The molecule has 1 atom stereocenters. The third-order valence-corrected chi connectivity index (χ3v) is 6.83. The van der Waals surface area contributed by atoms with Gasteiger partial charge in [0.1, 0.15) is 0 Å². The van der Waals surface area contributed by atoms with Crippen LogP contribution in [0.15, 0.2) is 39.9 Å². The highest BCUT2D eigenvalue weighted by Gasteiger charge is 2.29. The molecule has 2 aliphatic heterocycles. The number of anilines is 1. The number of benzene rings is 1. The Morgan fingerprint density at radius 1 is 1.00 bits per heavy atom. The van der Waals surface area contributed by atoms with Gasteiger partial charge in [-0.05, 0) is 37.4 Å². The average Bonchev–Trinajstić information content (AvgIpc) is 3.19. The van der Waals surface area contributed by atoms with Gasteiger partial charge in [-0.3, -0.25) is 13.9 Å². The number of fused-ring (bicyclic) bond motifs is 3. The smallest absolute Gasteiger partial charge is 0.332 e. The number of imidazole rings is 1. The van der Waals surface area contributed by atoms with Crippen molar-refractivity contribution in [3.63, 3.8) is 0 Å². The fourth-order valence-electron chi connectivity index (χ4n) is 5.16. The van der Waals surface area contributed by atoms with Gasteiger partial charge in [0.25, 0.3) is 5.56 Å². The van der Waals surface area contributed by atoms with Crippen molar-refractivity contribution >= 4 is 17.1 Å². The molecule has 1 fully saturated rings. The average molecular weight is 437 g/mol. The highest BCUT2D eigenvalue weighted by atomic mass is 16.2. The topological polar surface area (TPSA) is 68.3 Å². The molecule has 2 aliphatic rings. The minimum atomic E-state index is -0.280. The van der Waals surface area contributed by atoms with Crippen LogP contribution in [0.3, 0.4) is 0 Å². The van der Waals surface area contributed by atoms with E-state index in [1.54, 1.807) is 11.6 Å². The highest BCUT2D eigenvalue weighted by Crippen LogP contribution is 2.28. The lowest BCUT2D eigenvalue weighted by Gasteiger charge is -2.33. The number of hydrogen-bond acceptors (Lipinski definition) is 5. The molecule has 0 saturated carbocycles. The summed E-state index contributed by atoms with van der Waals surface area (Å²) in [5.74, 6) is 1.16. The monoisotopic (exact) mass is 436 g/mol. The van der Waals surface area contributed by atoms with E-state index in [4.69, 9.17) is 4.98 Å². The Morgan fingerprint density at radius 2 is 1.75 bits per heavy atom. The fourth-order valence-corrected chi connectivity index (χ4v) is 5.16. The van der Waals surface area contributed by atoms with Gasteiger partial charge in [0.05, 0.1) is 0 Å². The minimum Gasteiger partial charge on any atom is -0.338 e. The molecular weight excluding hydrogens is 404 g/mol. The SMILES string of the molecule is C[C@@H]1CN(Cc2ccccc2)c2nc3c(c(=O)n(CCN4CCCCC4)c(=O)n3C)n2C1. The number of piperidine rings is 1. The van der Waals surface area contributed by atoms with Crippen molar-refractivity contribution in [2.75, 3.05) is 31.1 Å². The minimum absolute atomic E-state index is 0.215. The third kappa shape index (κ3) is 3.77. The normalized spacial score (nSPS) is 19.4. The van der Waals surface area contributed by atoms with Crippen LogP contribution in [0, 0.1) is 5.92 Å². The second kappa shape index (κ2) is 8.58. The number of nitrogens with zero attached hydrogens (tertiary/aromatic N) is 6. The van der Waals surface area contributed by atoms with Crippen LogP contribution in [0.4, 0.5) is 5.95 Å². The number of aromatic nitrogens is 4. The number of aryl methyl sites for hydroxylation is 1. The zero-order valence-corrected chi connectivity index (χ0v) is 19.0. The molecule has 4 heterocycles. The van der Waals surface area contributed by atoms with Gasteiger partial charge in [0.2, 0.25) is 5.95 Å². The summed E-state index contributed by atoms with van der Waals surface area (Å²) >= 11 is 0.